The summed E-state index contributed by atoms with van der Waals surface area (Å²) in [5.41, 5.74) is 4.19. The van der Waals surface area contributed by atoms with Crippen LogP contribution in [0.5, 0.6) is 11.5 Å². The molecule has 16 heteroatoms. The molecular weight excluding hydrogens is 767 g/mol. The Balaban J connectivity index is 1.02. The van der Waals surface area contributed by atoms with Gasteiger partial charge in [0.1, 0.15) is 23.7 Å². The molecule has 5 aromatic rings. The van der Waals surface area contributed by atoms with Crippen molar-refractivity contribution >= 4 is 34.9 Å². The molecule has 0 bridgehead atoms. The molecule has 316 valence electrons. The molecule has 8 rings (SSSR count). The molecule has 3 aromatic heterocycles. The topological polar surface area (TPSA) is 189 Å². The van der Waals surface area contributed by atoms with Gasteiger partial charge < -0.3 is 49.2 Å². The van der Waals surface area contributed by atoms with Crippen LogP contribution in [0.25, 0.3) is 39.1 Å². The van der Waals surface area contributed by atoms with Crippen LogP contribution in [0.2, 0.25) is 0 Å². The smallest absolute Gasteiger partial charge is 0.407 e. The highest BCUT2D eigenvalue weighted by molar-refractivity contribution is 6.00. The molecule has 0 aliphatic carbocycles. The van der Waals surface area contributed by atoms with Crippen LogP contribution in [-0.4, -0.2) is 97.7 Å². The summed E-state index contributed by atoms with van der Waals surface area (Å²) in [5, 5.41) is 6.47. The van der Waals surface area contributed by atoms with Gasteiger partial charge in [0.05, 0.1) is 61.3 Å². The van der Waals surface area contributed by atoms with Crippen molar-refractivity contribution in [2.24, 2.45) is 10.8 Å². The van der Waals surface area contributed by atoms with Gasteiger partial charge in [-0.3, -0.25) is 9.59 Å². The average Bonchev–Trinajstić information content (AvgIpc) is 4.06. The molecule has 0 spiro atoms. The van der Waals surface area contributed by atoms with E-state index in [4.69, 9.17) is 24.2 Å². The van der Waals surface area contributed by atoms with E-state index in [0.29, 0.717) is 36.2 Å². The monoisotopic (exact) mass is 819 g/mol. The molecule has 2 fully saturated rings. The summed E-state index contributed by atoms with van der Waals surface area (Å²) < 4.78 is 18.3. The molecule has 0 unspecified atom stereocenters. The zero-order valence-electron chi connectivity index (χ0n) is 35.3. The predicted octanol–water partition coefficient (Wildman–Crippen LogP) is 7.38. The number of nitrogens with zero attached hydrogens (tertiary/aromatic N) is 5. The van der Waals surface area contributed by atoms with E-state index >= 15 is 0 Å². The van der Waals surface area contributed by atoms with E-state index in [0.717, 1.165) is 64.8 Å². The third-order valence-electron chi connectivity index (χ3n) is 11.9. The van der Waals surface area contributed by atoms with Crippen molar-refractivity contribution < 1.29 is 33.4 Å². The van der Waals surface area contributed by atoms with Crippen LogP contribution in [0.3, 0.4) is 0 Å². The summed E-state index contributed by atoms with van der Waals surface area (Å²) in [7, 11) is 2.58. The number of alkyl carbamates (subject to hydrolysis) is 2. The second-order valence-electron chi connectivity index (χ2n) is 18.0. The molecular formula is C44H53N9O7. The standard InChI is InChI=1S/C44H53N9O7/c1-43(2,3)35(49-41(56)58-7)39(54)52-18-9-11-30(52)37-45-22-27(47-37)24-13-15-29-33(21-24)60-32-16-14-25(26-17-20-51(29)34(26)32)28-23-46-38(48-28)31-12-10-19-53(31)40(55)36(44(4,5)6)50-42(57)59-8/h13-17,20-23,30-31,35-36H,9-12,18-19H2,1-8H3,(H,45,47)(H,46,48)(H,49,56)(H,50,57)/t30-,31-,35+,36+/m0/s1. The highest BCUT2D eigenvalue weighted by Crippen LogP contribution is 2.46. The van der Waals surface area contributed by atoms with Crippen molar-refractivity contribution in [3.8, 4) is 39.7 Å². The predicted molar refractivity (Wildman–Crippen MR) is 223 cm³/mol. The number of carbonyl (C=O) groups excluding carboxylic acids is 4. The maximum absolute atomic E-state index is 13.9. The summed E-state index contributed by atoms with van der Waals surface area (Å²) in [6, 6.07) is 10.0. The lowest BCUT2D eigenvalue weighted by Gasteiger charge is -2.35. The molecule has 2 saturated heterocycles. The normalized spacial score (nSPS) is 18.5. The van der Waals surface area contributed by atoms with Crippen LogP contribution < -0.4 is 15.4 Å². The van der Waals surface area contributed by atoms with Crippen molar-refractivity contribution in [2.75, 3.05) is 27.3 Å². The second kappa shape index (κ2) is 15.4. The fraction of sp³-hybridized carbons (Fsp3) is 0.455. The van der Waals surface area contributed by atoms with E-state index in [9.17, 15) is 19.2 Å². The Bertz CT molecular complexity index is 2470. The molecule has 0 saturated carbocycles. The van der Waals surface area contributed by atoms with Gasteiger partial charge in [-0.15, -0.1) is 0 Å². The summed E-state index contributed by atoms with van der Waals surface area (Å²) in [6.45, 7) is 12.6. The first-order valence-corrected chi connectivity index (χ1v) is 20.4. The number of likely N-dealkylation sites (tertiary alicyclic amines) is 2. The van der Waals surface area contributed by atoms with Gasteiger partial charge in [-0.05, 0) is 66.8 Å². The Morgan fingerprint density at radius 1 is 0.750 bits per heavy atom. The number of H-pyrrole nitrogens is 2. The van der Waals surface area contributed by atoms with Crippen molar-refractivity contribution in [1.82, 2.24) is 44.9 Å². The van der Waals surface area contributed by atoms with Gasteiger partial charge in [0.2, 0.25) is 11.8 Å². The second-order valence-corrected chi connectivity index (χ2v) is 18.0. The highest BCUT2D eigenvalue weighted by Gasteiger charge is 2.43. The Kier molecular flexibility index (Phi) is 10.4. The lowest BCUT2D eigenvalue weighted by atomic mass is 9.85. The number of ether oxygens (including phenoxy) is 3. The Morgan fingerprint density at radius 3 is 1.85 bits per heavy atom. The fourth-order valence-electron chi connectivity index (χ4n) is 8.74. The summed E-state index contributed by atoms with van der Waals surface area (Å²) >= 11 is 0. The summed E-state index contributed by atoms with van der Waals surface area (Å²) in [5.74, 6) is 2.44. The van der Waals surface area contributed by atoms with Crippen LogP contribution >= 0.6 is 0 Å². The van der Waals surface area contributed by atoms with Crippen molar-refractivity contribution in [1.29, 1.82) is 0 Å². The minimum Gasteiger partial charge on any atom is -0.453 e. The number of aromatic nitrogens is 5. The van der Waals surface area contributed by atoms with Crippen molar-refractivity contribution in [2.45, 2.75) is 91.4 Å². The van der Waals surface area contributed by atoms with Crippen molar-refractivity contribution in [3.05, 3.63) is 66.6 Å². The summed E-state index contributed by atoms with van der Waals surface area (Å²) in [4.78, 5) is 72.2. The minimum atomic E-state index is -0.765. The zero-order valence-corrected chi connectivity index (χ0v) is 35.3. The maximum Gasteiger partial charge on any atom is 0.407 e. The first-order chi connectivity index (χ1) is 28.6. The first kappa shape index (κ1) is 40.5. The minimum absolute atomic E-state index is 0.167. The molecule has 2 aromatic carbocycles. The van der Waals surface area contributed by atoms with E-state index in [2.05, 4.69) is 31.2 Å². The lowest BCUT2D eigenvalue weighted by molar-refractivity contribution is -0.137. The van der Waals surface area contributed by atoms with Gasteiger partial charge >= 0.3 is 12.2 Å². The molecule has 4 N–H and O–H groups in total. The van der Waals surface area contributed by atoms with Gasteiger partial charge in [0.25, 0.3) is 0 Å². The first-order valence-electron chi connectivity index (χ1n) is 20.4. The Hall–Kier alpha value is -6.32. The molecule has 3 aliphatic rings. The number of fused-ring (bicyclic) bond motifs is 2. The number of nitrogens with one attached hydrogen (secondary N) is 4. The van der Waals surface area contributed by atoms with Gasteiger partial charge in [-0.25, -0.2) is 19.6 Å². The fourth-order valence-corrected chi connectivity index (χ4v) is 8.74. The van der Waals surface area contributed by atoms with Gasteiger partial charge in [0, 0.05) is 35.8 Å². The van der Waals surface area contributed by atoms with E-state index in [-0.39, 0.29) is 23.9 Å². The number of carbonyl (C=O) groups is 4. The van der Waals surface area contributed by atoms with E-state index in [1.165, 1.54) is 14.2 Å². The molecule has 3 aliphatic heterocycles. The Labute approximate surface area is 348 Å². The number of hydrogen-bond acceptors (Lipinski definition) is 9. The van der Waals surface area contributed by atoms with Gasteiger partial charge in [-0.2, -0.15) is 0 Å². The SMILES string of the molecule is COC(=O)N[C@H](C(=O)N1CCC[C@H]1c1ncc(-c2ccc3c(c2)Oc2ccc(-c4cnc([C@@H]5CCCN5C(=O)[C@@H](NC(=O)OC)C(C)(C)C)[nH]4)c4ccn-3c24)[nH]1)C(C)(C)C. The number of hydrogen-bond donors (Lipinski definition) is 4. The largest absolute Gasteiger partial charge is 0.453 e. The number of imidazole rings is 2. The molecule has 60 heavy (non-hydrogen) atoms. The molecule has 16 nitrogen and oxygen atoms in total. The quantitative estimate of drug-likeness (QED) is 0.121. The number of rotatable bonds is 8. The third-order valence-corrected chi connectivity index (χ3v) is 11.9. The number of benzene rings is 2. The van der Waals surface area contributed by atoms with Crippen LogP contribution in [0.4, 0.5) is 9.59 Å². The van der Waals surface area contributed by atoms with Gasteiger partial charge in [0.15, 0.2) is 11.5 Å². The van der Waals surface area contributed by atoms with Crippen LogP contribution in [-0.2, 0) is 19.1 Å². The van der Waals surface area contributed by atoms with Crippen LogP contribution in [0.15, 0.2) is 55.0 Å². The molecule has 4 atom stereocenters. The van der Waals surface area contributed by atoms with Crippen LogP contribution in [0.1, 0.15) is 91.0 Å². The highest BCUT2D eigenvalue weighted by atomic mass is 16.5. The van der Waals surface area contributed by atoms with Crippen molar-refractivity contribution in [3.63, 3.8) is 0 Å². The molecule has 6 heterocycles. The number of aromatic amines is 2. The van der Waals surface area contributed by atoms with E-state index in [1.807, 2.05) is 89.2 Å². The van der Waals surface area contributed by atoms with Crippen LogP contribution in [0, 0.1) is 10.8 Å². The third kappa shape index (κ3) is 7.32. The van der Waals surface area contributed by atoms with E-state index < -0.39 is 35.1 Å². The molecule has 0 radical (unpaired) electrons. The summed E-state index contributed by atoms with van der Waals surface area (Å²) in [6.07, 6.45) is 7.47. The van der Waals surface area contributed by atoms with E-state index in [1.54, 1.807) is 11.1 Å². The molecule has 4 amide bonds. The number of methoxy groups -OCH3 is 2. The average molecular weight is 820 g/mol. The Morgan fingerprint density at radius 2 is 1.30 bits per heavy atom. The van der Waals surface area contributed by atoms with Gasteiger partial charge in [-0.1, -0.05) is 47.6 Å². The lowest BCUT2D eigenvalue weighted by Crippen LogP contribution is -2.54. The number of amides is 4. The zero-order chi connectivity index (χ0) is 42.7. The maximum atomic E-state index is 13.9.